The van der Waals surface area contributed by atoms with Gasteiger partial charge in [0.1, 0.15) is 11.6 Å². The normalized spacial score (nSPS) is 23.3. The van der Waals surface area contributed by atoms with Crippen molar-refractivity contribution in [2.45, 2.75) is 25.1 Å². The van der Waals surface area contributed by atoms with Crippen molar-refractivity contribution >= 4 is 5.71 Å². The summed E-state index contributed by atoms with van der Waals surface area (Å²) in [5.41, 5.74) is 3.22. The van der Waals surface area contributed by atoms with Gasteiger partial charge in [-0.2, -0.15) is 5.10 Å². The Labute approximate surface area is 156 Å². The third kappa shape index (κ3) is 2.50. The molecule has 0 spiro atoms. The molecule has 0 aliphatic carbocycles. The quantitative estimate of drug-likeness (QED) is 0.669. The smallest absolute Gasteiger partial charge is 0.221 e. The molecule has 1 aromatic heterocycles. The Kier molecular flexibility index (Phi) is 3.50. The van der Waals surface area contributed by atoms with Crippen LogP contribution in [-0.4, -0.2) is 15.7 Å². The van der Waals surface area contributed by atoms with E-state index in [-0.39, 0.29) is 11.9 Å². The van der Waals surface area contributed by atoms with Crippen LogP contribution in [0.4, 0.5) is 4.39 Å². The maximum Gasteiger partial charge on any atom is 0.221 e. The van der Waals surface area contributed by atoms with Crippen LogP contribution < -0.4 is 4.74 Å². The molecule has 0 saturated carbocycles. The first-order valence-corrected chi connectivity index (χ1v) is 8.96. The molecule has 5 rings (SSSR count). The first-order chi connectivity index (χ1) is 13.1. The Hall–Kier alpha value is -3.21. The van der Waals surface area contributed by atoms with E-state index in [4.69, 9.17) is 9.84 Å². The van der Waals surface area contributed by atoms with Crippen molar-refractivity contribution in [1.82, 2.24) is 9.99 Å². The van der Waals surface area contributed by atoms with E-state index in [0.717, 1.165) is 34.6 Å². The molecular weight excluding hydrogens is 341 g/mol. The molecule has 2 atom stereocenters. The lowest BCUT2D eigenvalue weighted by Gasteiger charge is -2.45. The van der Waals surface area contributed by atoms with Gasteiger partial charge >= 0.3 is 0 Å². The lowest BCUT2D eigenvalue weighted by molar-refractivity contribution is -0.112. The second-order valence-electron chi connectivity index (χ2n) is 6.98. The molecule has 3 aromatic rings. The number of hydrogen-bond donors (Lipinski definition) is 0. The molecular formula is C22H18FN3O. The van der Waals surface area contributed by atoms with Crippen LogP contribution in [0.1, 0.15) is 36.1 Å². The number of fused-ring (bicyclic) bond motifs is 3. The van der Waals surface area contributed by atoms with Crippen LogP contribution in [0.2, 0.25) is 0 Å². The fourth-order valence-corrected chi connectivity index (χ4v) is 3.92. The van der Waals surface area contributed by atoms with E-state index in [9.17, 15) is 4.39 Å². The maximum atomic E-state index is 13.3. The van der Waals surface area contributed by atoms with Crippen LogP contribution in [0.5, 0.6) is 5.75 Å². The third-order valence-corrected chi connectivity index (χ3v) is 5.33. The van der Waals surface area contributed by atoms with Gasteiger partial charge in [0.2, 0.25) is 5.72 Å². The van der Waals surface area contributed by atoms with Gasteiger partial charge in [0, 0.05) is 36.9 Å². The molecule has 0 radical (unpaired) electrons. The highest BCUT2D eigenvalue weighted by Crippen LogP contribution is 2.50. The standard InChI is InChI=1S/C22H18FN3O/c1-22(16-10-12-24-13-11-16)26-20(18-4-2-3-5-21(18)27-22)14-19(25-26)15-6-8-17(23)9-7-15/h2-13,20H,14H2,1H3/t20-,22+/m1/s1. The minimum atomic E-state index is -0.746. The van der Waals surface area contributed by atoms with E-state index in [1.807, 2.05) is 42.3 Å². The van der Waals surface area contributed by atoms with Gasteiger partial charge in [0.15, 0.2) is 0 Å². The van der Waals surface area contributed by atoms with Gasteiger partial charge in [0.25, 0.3) is 0 Å². The van der Waals surface area contributed by atoms with Crippen LogP contribution in [0.25, 0.3) is 0 Å². The summed E-state index contributed by atoms with van der Waals surface area (Å²) in [4.78, 5) is 4.13. The number of nitrogens with zero attached hydrogens (tertiary/aromatic N) is 3. The van der Waals surface area contributed by atoms with E-state index >= 15 is 0 Å². The van der Waals surface area contributed by atoms with E-state index in [1.165, 1.54) is 12.1 Å². The second kappa shape index (κ2) is 5.91. The number of para-hydroxylation sites is 1. The molecule has 0 amide bonds. The summed E-state index contributed by atoms with van der Waals surface area (Å²) in [5.74, 6) is 0.624. The van der Waals surface area contributed by atoms with Gasteiger partial charge in [-0.3, -0.25) is 4.98 Å². The minimum absolute atomic E-state index is 0.0631. The largest absolute Gasteiger partial charge is 0.462 e. The van der Waals surface area contributed by atoms with Crippen molar-refractivity contribution in [1.29, 1.82) is 0 Å². The summed E-state index contributed by atoms with van der Waals surface area (Å²) in [5, 5.41) is 6.95. The van der Waals surface area contributed by atoms with Crippen LogP contribution in [-0.2, 0) is 5.72 Å². The van der Waals surface area contributed by atoms with Gasteiger partial charge in [-0.15, -0.1) is 0 Å². The number of hydrogen-bond acceptors (Lipinski definition) is 4. The maximum absolute atomic E-state index is 13.3. The summed E-state index contributed by atoms with van der Waals surface area (Å²) >= 11 is 0. The molecule has 2 aromatic carbocycles. The molecule has 0 fully saturated rings. The third-order valence-electron chi connectivity index (χ3n) is 5.33. The summed E-state index contributed by atoms with van der Waals surface area (Å²) in [7, 11) is 0. The number of rotatable bonds is 2. The molecule has 0 bridgehead atoms. The average molecular weight is 359 g/mol. The van der Waals surface area contributed by atoms with Gasteiger partial charge in [0.05, 0.1) is 11.8 Å². The van der Waals surface area contributed by atoms with Crippen molar-refractivity contribution in [3.05, 3.63) is 95.6 Å². The monoisotopic (exact) mass is 359 g/mol. The molecule has 4 nitrogen and oxygen atoms in total. The Morgan fingerprint density at radius 2 is 1.78 bits per heavy atom. The SMILES string of the molecule is C[C@@]1(c2ccncc2)Oc2ccccc2[C@H]2CC(c3ccc(F)cc3)=NN21. The van der Waals surface area contributed by atoms with Crippen molar-refractivity contribution < 1.29 is 9.13 Å². The summed E-state index contributed by atoms with van der Waals surface area (Å²) < 4.78 is 19.8. The predicted octanol–water partition coefficient (Wildman–Crippen LogP) is 4.64. The topological polar surface area (TPSA) is 37.7 Å². The first-order valence-electron chi connectivity index (χ1n) is 8.96. The van der Waals surface area contributed by atoms with Crippen molar-refractivity contribution in [3.63, 3.8) is 0 Å². The Morgan fingerprint density at radius 3 is 2.56 bits per heavy atom. The minimum Gasteiger partial charge on any atom is -0.462 e. The van der Waals surface area contributed by atoms with Gasteiger partial charge in [-0.05, 0) is 35.9 Å². The van der Waals surface area contributed by atoms with Gasteiger partial charge in [-0.25, -0.2) is 9.40 Å². The van der Waals surface area contributed by atoms with Crippen LogP contribution in [0, 0.1) is 5.82 Å². The molecule has 134 valence electrons. The Balaban J connectivity index is 1.64. The van der Waals surface area contributed by atoms with E-state index in [1.54, 1.807) is 24.5 Å². The highest BCUT2D eigenvalue weighted by molar-refractivity contribution is 6.02. The average Bonchev–Trinajstić information content (AvgIpc) is 3.16. The summed E-state index contributed by atoms with van der Waals surface area (Å²) in [6.45, 7) is 2.03. The molecule has 2 aliphatic heterocycles. The van der Waals surface area contributed by atoms with Gasteiger partial charge in [-0.1, -0.05) is 30.3 Å². The van der Waals surface area contributed by atoms with E-state index < -0.39 is 5.72 Å². The zero-order chi connectivity index (χ0) is 18.4. The number of hydrazone groups is 1. The zero-order valence-electron chi connectivity index (χ0n) is 14.8. The lowest BCUT2D eigenvalue weighted by Crippen LogP contribution is -2.48. The predicted molar refractivity (Wildman–Crippen MR) is 101 cm³/mol. The highest BCUT2D eigenvalue weighted by atomic mass is 19.1. The molecule has 5 heteroatoms. The Morgan fingerprint density at radius 1 is 1.04 bits per heavy atom. The number of aromatic nitrogens is 1. The van der Waals surface area contributed by atoms with Crippen molar-refractivity contribution in [2.75, 3.05) is 0 Å². The number of benzene rings is 2. The van der Waals surface area contributed by atoms with Crippen LogP contribution >= 0.6 is 0 Å². The molecule has 3 heterocycles. The number of pyridine rings is 1. The first kappa shape index (κ1) is 16.0. The zero-order valence-corrected chi connectivity index (χ0v) is 14.8. The van der Waals surface area contributed by atoms with Crippen LogP contribution in [0.15, 0.2) is 78.2 Å². The summed E-state index contributed by atoms with van der Waals surface area (Å²) in [6, 6.07) is 18.6. The molecule has 0 unspecified atom stereocenters. The molecule has 27 heavy (non-hydrogen) atoms. The fraction of sp³-hybridized carbons (Fsp3) is 0.182. The second-order valence-corrected chi connectivity index (χ2v) is 6.98. The number of halogens is 1. The highest BCUT2D eigenvalue weighted by Gasteiger charge is 2.48. The fourth-order valence-electron chi connectivity index (χ4n) is 3.92. The lowest BCUT2D eigenvalue weighted by atomic mass is 9.93. The van der Waals surface area contributed by atoms with E-state index in [2.05, 4.69) is 11.1 Å². The molecule has 2 aliphatic rings. The number of ether oxygens (including phenoxy) is 1. The molecule has 0 saturated heterocycles. The van der Waals surface area contributed by atoms with Gasteiger partial charge < -0.3 is 4.74 Å². The molecule has 0 N–H and O–H groups in total. The van der Waals surface area contributed by atoms with E-state index in [0.29, 0.717) is 0 Å². The van der Waals surface area contributed by atoms with Crippen molar-refractivity contribution in [2.24, 2.45) is 5.10 Å². The van der Waals surface area contributed by atoms with Crippen molar-refractivity contribution in [3.8, 4) is 5.75 Å². The summed E-state index contributed by atoms with van der Waals surface area (Å²) in [6.07, 6.45) is 4.27. The Bertz CT molecular complexity index is 1020. The van der Waals surface area contributed by atoms with Crippen LogP contribution in [0.3, 0.4) is 0 Å².